The highest BCUT2D eigenvalue weighted by Crippen LogP contribution is 2.22. The maximum absolute atomic E-state index is 11.3. The van der Waals surface area contributed by atoms with E-state index in [1.165, 1.54) is 6.42 Å². The lowest BCUT2D eigenvalue weighted by molar-refractivity contribution is 0.101. The summed E-state index contributed by atoms with van der Waals surface area (Å²) in [6, 6.07) is 11.1. The van der Waals surface area contributed by atoms with Gasteiger partial charge in [0.25, 0.3) is 0 Å². The fraction of sp³-hybridized carbons (Fsp3) is 0.316. The van der Waals surface area contributed by atoms with E-state index in [0.717, 1.165) is 43.0 Å². The van der Waals surface area contributed by atoms with Crippen molar-refractivity contribution < 1.29 is 9.21 Å². The summed E-state index contributed by atoms with van der Waals surface area (Å²) in [5, 5.41) is 4.21. The number of hydrazone groups is 1. The molecule has 1 aliphatic rings. The Morgan fingerprint density at radius 2 is 2.00 bits per heavy atom. The summed E-state index contributed by atoms with van der Waals surface area (Å²) in [4.78, 5) is 15.8. The SMILES string of the molecule is CC(=O)c1ccc(-c2ccc(/C=N\NC3=NCCCCC3)o2)cc1. The lowest BCUT2D eigenvalue weighted by atomic mass is 10.1. The van der Waals surface area contributed by atoms with Gasteiger partial charge < -0.3 is 4.42 Å². The number of Topliss-reactive ketones (excluding diaryl/α,β-unsaturated/α-hetero) is 1. The average Bonchev–Trinajstić information content (AvgIpc) is 2.91. The molecule has 0 saturated heterocycles. The van der Waals surface area contributed by atoms with Crippen molar-refractivity contribution in [3.05, 3.63) is 47.7 Å². The summed E-state index contributed by atoms with van der Waals surface area (Å²) in [6.45, 7) is 2.43. The van der Waals surface area contributed by atoms with E-state index in [0.29, 0.717) is 11.3 Å². The molecule has 0 saturated carbocycles. The molecule has 124 valence electrons. The number of nitrogens with one attached hydrogen (secondary N) is 1. The first-order valence-corrected chi connectivity index (χ1v) is 8.26. The molecule has 0 spiro atoms. The summed E-state index contributed by atoms with van der Waals surface area (Å²) in [5.41, 5.74) is 4.63. The van der Waals surface area contributed by atoms with E-state index in [1.807, 2.05) is 24.3 Å². The standard InChI is InChI=1S/C19H21N3O2/c1-14(23)15-6-8-16(9-7-15)18-11-10-17(24-18)13-21-22-19-5-3-2-4-12-20-19/h6-11,13H,2-5,12H2,1H3,(H,20,22)/b21-13-. The first kappa shape index (κ1) is 16.2. The van der Waals surface area contributed by atoms with Crippen LogP contribution < -0.4 is 5.43 Å². The Kier molecular flexibility index (Phi) is 5.21. The molecule has 2 aromatic rings. The molecule has 5 nitrogen and oxygen atoms in total. The Balaban J connectivity index is 1.63. The Labute approximate surface area is 141 Å². The molecule has 0 radical (unpaired) electrons. The van der Waals surface area contributed by atoms with E-state index in [1.54, 1.807) is 25.3 Å². The highest BCUT2D eigenvalue weighted by atomic mass is 16.3. The lowest BCUT2D eigenvalue weighted by Gasteiger charge is -2.01. The minimum Gasteiger partial charge on any atom is -0.455 e. The first-order valence-electron chi connectivity index (χ1n) is 8.26. The normalized spacial score (nSPS) is 15.1. The second kappa shape index (κ2) is 7.73. The first-order chi connectivity index (χ1) is 11.7. The Morgan fingerprint density at radius 3 is 2.79 bits per heavy atom. The molecular weight excluding hydrogens is 302 g/mol. The van der Waals surface area contributed by atoms with E-state index < -0.39 is 0 Å². The number of aliphatic imine (C=N–C) groups is 1. The van der Waals surface area contributed by atoms with Crippen LogP contribution >= 0.6 is 0 Å². The van der Waals surface area contributed by atoms with Crippen LogP contribution in [0.15, 0.2) is 50.9 Å². The van der Waals surface area contributed by atoms with E-state index in [-0.39, 0.29) is 5.78 Å². The number of hydrogen-bond donors (Lipinski definition) is 1. The van der Waals surface area contributed by atoms with Gasteiger partial charge in [0.2, 0.25) is 0 Å². The van der Waals surface area contributed by atoms with Gasteiger partial charge in [-0.15, -0.1) is 0 Å². The Morgan fingerprint density at radius 1 is 1.17 bits per heavy atom. The zero-order valence-corrected chi connectivity index (χ0v) is 13.8. The van der Waals surface area contributed by atoms with E-state index in [9.17, 15) is 4.79 Å². The Bertz CT molecular complexity index is 757. The molecule has 0 bridgehead atoms. The quantitative estimate of drug-likeness (QED) is 0.524. The molecule has 1 N–H and O–H groups in total. The van der Waals surface area contributed by atoms with Crippen molar-refractivity contribution in [2.45, 2.75) is 32.6 Å². The number of hydrogen-bond acceptors (Lipinski definition) is 5. The van der Waals surface area contributed by atoms with Crippen molar-refractivity contribution in [2.24, 2.45) is 10.1 Å². The molecule has 1 aromatic heterocycles. The van der Waals surface area contributed by atoms with Crippen LogP contribution in [0.25, 0.3) is 11.3 Å². The molecule has 1 aromatic carbocycles. The molecular formula is C19H21N3O2. The van der Waals surface area contributed by atoms with E-state index in [2.05, 4.69) is 15.5 Å². The highest BCUT2D eigenvalue weighted by molar-refractivity contribution is 5.94. The average molecular weight is 323 g/mol. The molecule has 1 aliphatic heterocycles. The van der Waals surface area contributed by atoms with Crippen LogP contribution in [0, 0.1) is 0 Å². The van der Waals surface area contributed by atoms with Gasteiger partial charge in [-0.1, -0.05) is 30.7 Å². The summed E-state index contributed by atoms with van der Waals surface area (Å²) < 4.78 is 5.77. The van der Waals surface area contributed by atoms with E-state index in [4.69, 9.17) is 4.42 Å². The van der Waals surface area contributed by atoms with Crippen LogP contribution in [0.1, 0.15) is 48.7 Å². The molecule has 2 heterocycles. The predicted octanol–water partition coefficient (Wildman–Crippen LogP) is 4.05. The van der Waals surface area contributed by atoms with Gasteiger partial charge in [-0.3, -0.25) is 15.2 Å². The highest BCUT2D eigenvalue weighted by Gasteiger charge is 2.06. The van der Waals surface area contributed by atoms with Crippen LogP contribution in [-0.4, -0.2) is 24.4 Å². The largest absolute Gasteiger partial charge is 0.455 e. The molecule has 0 unspecified atom stereocenters. The van der Waals surface area contributed by atoms with Gasteiger partial charge in [-0.05, 0) is 31.9 Å². The number of rotatable bonds is 4. The fourth-order valence-electron chi connectivity index (χ4n) is 2.58. The number of ketones is 1. The summed E-state index contributed by atoms with van der Waals surface area (Å²) >= 11 is 0. The van der Waals surface area contributed by atoms with Gasteiger partial charge in [0, 0.05) is 24.1 Å². The van der Waals surface area contributed by atoms with Crippen LogP contribution in [0.5, 0.6) is 0 Å². The van der Waals surface area contributed by atoms with Gasteiger partial charge in [0.1, 0.15) is 17.4 Å². The van der Waals surface area contributed by atoms with Crippen molar-refractivity contribution in [2.75, 3.05) is 6.54 Å². The van der Waals surface area contributed by atoms with Crippen LogP contribution in [0.3, 0.4) is 0 Å². The number of benzene rings is 1. The molecule has 0 amide bonds. The Hall–Kier alpha value is -2.69. The maximum Gasteiger partial charge on any atom is 0.159 e. The summed E-state index contributed by atoms with van der Waals surface area (Å²) in [5.74, 6) is 2.41. The van der Waals surface area contributed by atoms with Gasteiger partial charge in [0.15, 0.2) is 5.78 Å². The predicted molar refractivity (Wildman–Crippen MR) is 95.6 cm³/mol. The number of carbonyl (C=O) groups excluding carboxylic acids is 1. The minimum atomic E-state index is 0.0568. The molecule has 0 fully saturated rings. The fourth-order valence-corrected chi connectivity index (χ4v) is 2.58. The molecule has 0 aliphatic carbocycles. The molecule has 0 atom stereocenters. The molecule has 24 heavy (non-hydrogen) atoms. The van der Waals surface area contributed by atoms with Gasteiger partial charge in [0.05, 0.1) is 6.21 Å². The van der Waals surface area contributed by atoms with Crippen LogP contribution in [0.2, 0.25) is 0 Å². The third kappa shape index (κ3) is 4.19. The minimum absolute atomic E-state index is 0.0568. The second-order valence-corrected chi connectivity index (χ2v) is 5.84. The molecule has 3 rings (SSSR count). The monoisotopic (exact) mass is 323 g/mol. The van der Waals surface area contributed by atoms with Crippen molar-refractivity contribution in [3.8, 4) is 11.3 Å². The third-order valence-corrected chi connectivity index (χ3v) is 3.96. The number of furan rings is 1. The number of carbonyl (C=O) groups is 1. The zero-order valence-electron chi connectivity index (χ0n) is 13.8. The van der Waals surface area contributed by atoms with Gasteiger partial charge in [-0.2, -0.15) is 5.10 Å². The lowest BCUT2D eigenvalue weighted by Crippen LogP contribution is -2.17. The summed E-state index contributed by atoms with van der Waals surface area (Å²) in [7, 11) is 0. The topological polar surface area (TPSA) is 67.0 Å². The third-order valence-electron chi connectivity index (χ3n) is 3.96. The van der Waals surface area contributed by atoms with Gasteiger partial charge >= 0.3 is 0 Å². The van der Waals surface area contributed by atoms with Crippen LogP contribution in [0.4, 0.5) is 0 Å². The van der Waals surface area contributed by atoms with E-state index >= 15 is 0 Å². The van der Waals surface area contributed by atoms with Crippen molar-refractivity contribution in [1.29, 1.82) is 0 Å². The van der Waals surface area contributed by atoms with Crippen molar-refractivity contribution >= 4 is 17.8 Å². The smallest absolute Gasteiger partial charge is 0.159 e. The summed E-state index contributed by atoms with van der Waals surface area (Å²) in [6.07, 6.45) is 6.13. The number of amidine groups is 1. The van der Waals surface area contributed by atoms with Gasteiger partial charge in [-0.25, -0.2) is 0 Å². The number of nitrogens with zero attached hydrogens (tertiary/aromatic N) is 2. The van der Waals surface area contributed by atoms with Crippen molar-refractivity contribution in [3.63, 3.8) is 0 Å². The molecule has 5 heteroatoms. The maximum atomic E-state index is 11.3. The zero-order chi connectivity index (χ0) is 16.8. The second-order valence-electron chi connectivity index (χ2n) is 5.84. The van der Waals surface area contributed by atoms with Crippen LogP contribution in [-0.2, 0) is 0 Å². The van der Waals surface area contributed by atoms with Crippen molar-refractivity contribution in [1.82, 2.24) is 5.43 Å².